The van der Waals surface area contributed by atoms with Crippen LogP contribution in [-0.2, 0) is 14.8 Å². The maximum absolute atomic E-state index is 13.8. The summed E-state index contributed by atoms with van der Waals surface area (Å²) in [5.41, 5.74) is 1.97. The zero-order valence-electron chi connectivity index (χ0n) is 19.4. The van der Waals surface area contributed by atoms with E-state index in [0.29, 0.717) is 11.4 Å². The molecule has 0 aromatic heterocycles. The molecule has 0 spiro atoms. The number of hydrogen-bond acceptors (Lipinski definition) is 5. The number of halogens is 1. The number of hydrogen-bond donors (Lipinski definition) is 1. The molecule has 0 aliphatic heterocycles. The molecule has 0 radical (unpaired) electrons. The lowest BCUT2D eigenvalue weighted by molar-refractivity contribution is -0.120. The number of benzene rings is 3. The molecule has 1 unspecified atom stereocenters. The molecule has 1 N–H and O–H groups in total. The zero-order valence-corrected chi connectivity index (χ0v) is 21.8. The van der Waals surface area contributed by atoms with Gasteiger partial charge in [0.25, 0.3) is 10.0 Å². The fraction of sp³-hybridized carbons (Fsp3) is 0.240. The van der Waals surface area contributed by atoms with Crippen molar-refractivity contribution in [2.45, 2.75) is 24.8 Å². The lowest BCUT2D eigenvalue weighted by atomic mass is 10.1. The van der Waals surface area contributed by atoms with E-state index in [2.05, 4.69) is 21.2 Å². The van der Waals surface area contributed by atoms with Gasteiger partial charge in [0, 0.05) is 4.47 Å². The van der Waals surface area contributed by atoms with Crippen LogP contribution in [0.3, 0.4) is 0 Å². The van der Waals surface area contributed by atoms with Gasteiger partial charge >= 0.3 is 0 Å². The molecule has 7 nitrogen and oxygen atoms in total. The van der Waals surface area contributed by atoms with E-state index in [4.69, 9.17) is 9.47 Å². The zero-order chi connectivity index (χ0) is 24.9. The molecule has 0 bridgehead atoms. The summed E-state index contributed by atoms with van der Waals surface area (Å²) < 4.78 is 40.0. The van der Waals surface area contributed by atoms with Gasteiger partial charge in [-0.25, -0.2) is 8.42 Å². The number of carbonyl (C=O) groups is 1. The highest BCUT2D eigenvalue weighted by molar-refractivity contribution is 9.10. The van der Waals surface area contributed by atoms with Gasteiger partial charge in [-0.05, 0) is 73.5 Å². The van der Waals surface area contributed by atoms with Crippen molar-refractivity contribution in [3.05, 3.63) is 82.3 Å². The second-order valence-electron chi connectivity index (χ2n) is 7.71. The molecule has 0 saturated heterocycles. The number of aryl methyl sites for hydroxylation is 1. The minimum Gasteiger partial charge on any atom is -0.497 e. The molecule has 3 rings (SSSR count). The summed E-state index contributed by atoms with van der Waals surface area (Å²) in [7, 11) is -1.21. The Kier molecular flexibility index (Phi) is 8.22. The van der Waals surface area contributed by atoms with Crippen LogP contribution in [0, 0.1) is 6.92 Å². The second kappa shape index (κ2) is 10.9. The average Bonchev–Trinajstić information content (AvgIpc) is 2.82. The molecular formula is C25H27BrN2O5S. The number of sulfonamides is 1. The van der Waals surface area contributed by atoms with E-state index < -0.39 is 22.5 Å². The van der Waals surface area contributed by atoms with Gasteiger partial charge in [-0.1, -0.05) is 34.1 Å². The summed E-state index contributed by atoms with van der Waals surface area (Å²) >= 11 is 3.43. The van der Waals surface area contributed by atoms with Crippen molar-refractivity contribution < 1.29 is 22.7 Å². The first-order valence-electron chi connectivity index (χ1n) is 10.5. The minimum absolute atomic E-state index is 0.0151. The summed E-state index contributed by atoms with van der Waals surface area (Å²) in [5.74, 6) is 0.326. The van der Waals surface area contributed by atoms with Crippen LogP contribution in [0.4, 0.5) is 5.69 Å². The van der Waals surface area contributed by atoms with E-state index in [-0.39, 0.29) is 16.7 Å². The van der Waals surface area contributed by atoms with Crippen LogP contribution in [0.25, 0.3) is 0 Å². The Balaban J connectivity index is 1.97. The van der Waals surface area contributed by atoms with Gasteiger partial charge in [0.1, 0.15) is 22.9 Å². The predicted molar refractivity (Wildman–Crippen MR) is 136 cm³/mol. The summed E-state index contributed by atoms with van der Waals surface area (Å²) in [4.78, 5) is 13.0. The van der Waals surface area contributed by atoms with Gasteiger partial charge in [-0.3, -0.25) is 9.10 Å². The average molecular weight is 547 g/mol. The van der Waals surface area contributed by atoms with Gasteiger partial charge in [-0.15, -0.1) is 0 Å². The third kappa shape index (κ3) is 5.90. The number of amides is 1. The van der Waals surface area contributed by atoms with Crippen LogP contribution in [0.5, 0.6) is 11.5 Å². The van der Waals surface area contributed by atoms with Crippen molar-refractivity contribution in [2.75, 3.05) is 25.1 Å². The number of nitrogens with one attached hydrogen (secondary N) is 1. The quantitative estimate of drug-likeness (QED) is 0.414. The van der Waals surface area contributed by atoms with Crippen LogP contribution >= 0.6 is 15.9 Å². The van der Waals surface area contributed by atoms with Crippen LogP contribution in [-0.4, -0.2) is 35.1 Å². The van der Waals surface area contributed by atoms with Gasteiger partial charge in [0.15, 0.2) is 0 Å². The fourth-order valence-corrected chi connectivity index (χ4v) is 5.53. The van der Waals surface area contributed by atoms with E-state index in [1.165, 1.54) is 20.3 Å². The van der Waals surface area contributed by atoms with Gasteiger partial charge < -0.3 is 14.8 Å². The highest BCUT2D eigenvalue weighted by Crippen LogP contribution is 2.31. The van der Waals surface area contributed by atoms with E-state index in [0.717, 1.165) is 19.9 Å². The topological polar surface area (TPSA) is 84.9 Å². The molecule has 3 aromatic carbocycles. The largest absolute Gasteiger partial charge is 0.497 e. The van der Waals surface area contributed by atoms with Crippen molar-refractivity contribution in [3.8, 4) is 11.5 Å². The molecule has 0 saturated carbocycles. The maximum Gasteiger partial charge on any atom is 0.268 e. The summed E-state index contributed by atoms with van der Waals surface area (Å²) in [6, 6.07) is 18.6. The molecule has 34 heavy (non-hydrogen) atoms. The third-order valence-corrected chi connectivity index (χ3v) is 7.55. The van der Waals surface area contributed by atoms with Gasteiger partial charge in [0.05, 0.1) is 25.9 Å². The molecule has 0 aliphatic rings. The van der Waals surface area contributed by atoms with Crippen molar-refractivity contribution in [2.24, 2.45) is 0 Å². The highest BCUT2D eigenvalue weighted by Gasteiger charge is 2.30. The van der Waals surface area contributed by atoms with Crippen LogP contribution in [0.1, 0.15) is 24.1 Å². The molecule has 3 aromatic rings. The summed E-state index contributed by atoms with van der Waals surface area (Å²) in [6.45, 7) is 3.22. The third-order valence-electron chi connectivity index (χ3n) is 5.26. The Morgan fingerprint density at radius 1 is 1.03 bits per heavy atom. The van der Waals surface area contributed by atoms with Crippen molar-refractivity contribution in [1.82, 2.24) is 5.32 Å². The predicted octanol–water partition coefficient (Wildman–Crippen LogP) is 4.85. The second-order valence-corrected chi connectivity index (χ2v) is 10.5. The summed E-state index contributed by atoms with van der Waals surface area (Å²) in [5, 5.41) is 2.89. The fourth-order valence-electron chi connectivity index (χ4n) is 3.44. The van der Waals surface area contributed by atoms with Crippen molar-refractivity contribution >= 4 is 37.5 Å². The van der Waals surface area contributed by atoms with Crippen molar-refractivity contribution in [1.29, 1.82) is 0 Å². The molecule has 180 valence electrons. The molecule has 0 aliphatic carbocycles. The number of methoxy groups -OCH3 is 2. The van der Waals surface area contributed by atoms with E-state index in [1.54, 1.807) is 43.3 Å². The van der Waals surface area contributed by atoms with Crippen LogP contribution < -0.4 is 19.1 Å². The first kappa shape index (κ1) is 25.6. The number of anilines is 1. The van der Waals surface area contributed by atoms with E-state index in [1.807, 2.05) is 31.2 Å². The number of carbonyl (C=O) groups excluding carboxylic acids is 1. The lowest BCUT2D eigenvalue weighted by Crippen LogP contribution is -2.41. The maximum atomic E-state index is 13.8. The molecule has 0 fully saturated rings. The number of ether oxygens (including phenoxy) is 2. The SMILES string of the molecule is COc1ccc(N(CC(=O)NC(C)c2cccc(Br)c2)S(=O)(=O)c2cc(C)ccc2OC)cc1. The minimum atomic E-state index is -4.14. The highest BCUT2D eigenvalue weighted by atomic mass is 79.9. The molecule has 0 heterocycles. The Morgan fingerprint density at radius 3 is 2.35 bits per heavy atom. The number of rotatable bonds is 9. The van der Waals surface area contributed by atoms with Crippen LogP contribution in [0.15, 0.2) is 76.1 Å². The monoisotopic (exact) mass is 546 g/mol. The molecule has 1 amide bonds. The normalized spacial score (nSPS) is 12.0. The van der Waals surface area contributed by atoms with Gasteiger partial charge in [-0.2, -0.15) is 0 Å². The first-order chi connectivity index (χ1) is 16.1. The number of nitrogens with zero attached hydrogens (tertiary/aromatic N) is 1. The first-order valence-corrected chi connectivity index (χ1v) is 12.7. The molecular weight excluding hydrogens is 520 g/mol. The lowest BCUT2D eigenvalue weighted by Gasteiger charge is -2.26. The van der Waals surface area contributed by atoms with Crippen molar-refractivity contribution in [3.63, 3.8) is 0 Å². The Labute approximate surface area is 208 Å². The Hall–Kier alpha value is -3.04. The van der Waals surface area contributed by atoms with E-state index in [9.17, 15) is 13.2 Å². The van der Waals surface area contributed by atoms with Crippen LogP contribution in [0.2, 0.25) is 0 Å². The Bertz CT molecular complexity index is 1260. The molecule has 1 atom stereocenters. The van der Waals surface area contributed by atoms with Gasteiger partial charge in [0.2, 0.25) is 5.91 Å². The Morgan fingerprint density at radius 2 is 1.74 bits per heavy atom. The van der Waals surface area contributed by atoms with E-state index >= 15 is 0 Å². The standard InChI is InChI=1S/C25H27BrN2O5S/c1-17-8-13-23(33-4)24(14-17)34(30,31)28(21-9-11-22(32-3)12-10-21)16-25(29)27-18(2)19-6-5-7-20(26)15-19/h5-15,18H,16H2,1-4H3,(H,27,29). The molecule has 9 heteroatoms. The smallest absolute Gasteiger partial charge is 0.268 e. The summed E-state index contributed by atoms with van der Waals surface area (Å²) in [6.07, 6.45) is 0.